The van der Waals surface area contributed by atoms with Crippen LogP contribution in [0.25, 0.3) is 0 Å². The van der Waals surface area contributed by atoms with Gasteiger partial charge in [-0.05, 0) is 49.0 Å². The van der Waals surface area contributed by atoms with Crippen molar-refractivity contribution in [2.75, 3.05) is 14.2 Å². The monoisotopic (exact) mass is 339 g/mol. The van der Waals surface area contributed by atoms with Gasteiger partial charge in [-0.2, -0.15) is 0 Å². The van der Waals surface area contributed by atoms with Gasteiger partial charge in [-0.1, -0.05) is 17.7 Å². The van der Waals surface area contributed by atoms with Gasteiger partial charge in [0.05, 0.1) is 13.2 Å². The normalized spacial score (nSPS) is 12.5. The van der Waals surface area contributed by atoms with Crippen LogP contribution in [-0.4, -0.2) is 14.2 Å². The summed E-state index contributed by atoms with van der Waals surface area (Å²) in [5.74, 6) is 0.923. The molecule has 1 atom stereocenters. The van der Waals surface area contributed by atoms with Crippen LogP contribution in [0.2, 0.25) is 0 Å². The molecule has 2 nitrogen and oxygen atoms in total. The summed E-state index contributed by atoms with van der Waals surface area (Å²) < 4.78 is 6.66. The molecule has 0 aliphatic carbocycles. The van der Waals surface area contributed by atoms with E-state index in [4.69, 9.17) is 4.74 Å². The number of halogens is 1. The Hall–Kier alpha value is -0.840. The molecule has 0 fully saturated rings. The molecule has 0 amide bonds. The number of methoxy groups -OCH3 is 1. The summed E-state index contributed by atoms with van der Waals surface area (Å²) >= 11 is 5.39. The third-order valence-corrected chi connectivity index (χ3v) is 5.35. The van der Waals surface area contributed by atoms with E-state index in [-0.39, 0.29) is 6.04 Å². The highest BCUT2D eigenvalue weighted by Crippen LogP contribution is 2.37. The first kappa shape index (κ1) is 14.6. The SMILES string of the molecule is CNC(c1cc(Br)c(C)s1)c1cc(C)ccc1OC. The highest BCUT2D eigenvalue weighted by atomic mass is 79.9. The van der Waals surface area contributed by atoms with Gasteiger partial charge in [0, 0.05) is 19.8 Å². The summed E-state index contributed by atoms with van der Waals surface area (Å²) in [7, 11) is 3.70. The Morgan fingerprint density at radius 2 is 2.00 bits per heavy atom. The Morgan fingerprint density at radius 1 is 1.26 bits per heavy atom. The first-order chi connectivity index (χ1) is 9.06. The van der Waals surface area contributed by atoms with Gasteiger partial charge in [-0.3, -0.25) is 0 Å². The molecule has 0 saturated heterocycles. The third-order valence-electron chi connectivity index (χ3n) is 3.15. The van der Waals surface area contributed by atoms with Crippen LogP contribution in [0, 0.1) is 13.8 Å². The molecule has 0 radical (unpaired) electrons. The summed E-state index contributed by atoms with van der Waals surface area (Å²) in [6, 6.07) is 8.63. The van der Waals surface area contributed by atoms with Crippen molar-refractivity contribution in [3.8, 4) is 5.75 Å². The third kappa shape index (κ3) is 3.02. The highest BCUT2D eigenvalue weighted by molar-refractivity contribution is 9.10. The van der Waals surface area contributed by atoms with Crippen LogP contribution in [-0.2, 0) is 0 Å². The zero-order valence-corrected chi connectivity index (χ0v) is 14.0. The Kier molecular flexibility index (Phi) is 4.66. The van der Waals surface area contributed by atoms with E-state index in [1.807, 2.05) is 13.1 Å². The Morgan fingerprint density at radius 3 is 2.53 bits per heavy atom. The molecule has 0 bridgehead atoms. The second kappa shape index (κ2) is 6.07. The number of ether oxygens (including phenoxy) is 1. The fourth-order valence-corrected chi connectivity index (χ4v) is 3.84. The summed E-state index contributed by atoms with van der Waals surface area (Å²) in [5, 5.41) is 3.39. The molecule has 1 aromatic heterocycles. The fourth-order valence-electron chi connectivity index (χ4n) is 2.15. The topological polar surface area (TPSA) is 21.3 Å². The second-order valence-corrected chi connectivity index (χ2v) is 6.66. The van der Waals surface area contributed by atoms with E-state index in [1.165, 1.54) is 25.4 Å². The van der Waals surface area contributed by atoms with Crippen molar-refractivity contribution >= 4 is 27.3 Å². The van der Waals surface area contributed by atoms with Gasteiger partial charge in [-0.25, -0.2) is 0 Å². The Labute approximate surface area is 126 Å². The lowest BCUT2D eigenvalue weighted by molar-refractivity contribution is 0.405. The maximum atomic E-state index is 5.49. The van der Waals surface area contributed by atoms with Crippen LogP contribution >= 0.6 is 27.3 Å². The average Bonchev–Trinajstić information content (AvgIpc) is 2.70. The minimum atomic E-state index is 0.157. The first-order valence-corrected chi connectivity index (χ1v) is 7.75. The smallest absolute Gasteiger partial charge is 0.124 e. The van der Waals surface area contributed by atoms with Crippen molar-refractivity contribution in [2.45, 2.75) is 19.9 Å². The average molecular weight is 340 g/mol. The first-order valence-electron chi connectivity index (χ1n) is 6.14. The molecule has 1 N–H and O–H groups in total. The zero-order valence-electron chi connectivity index (χ0n) is 11.6. The van der Waals surface area contributed by atoms with Crippen LogP contribution in [0.3, 0.4) is 0 Å². The Bertz CT molecular complexity index is 560. The highest BCUT2D eigenvalue weighted by Gasteiger charge is 2.19. The van der Waals surface area contributed by atoms with Gasteiger partial charge in [0.2, 0.25) is 0 Å². The van der Waals surface area contributed by atoms with Crippen molar-refractivity contribution in [3.05, 3.63) is 49.6 Å². The molecule has 0 aliphatic heterocycles. The van der Waals surface area contributed by atoms with Gasteiger partial charge in [0.25, 0.3) is 0 Å². The number of rotatable bonds is 4. The van der Waals surface area contributed by atoms with E-state index in [9.17, 15) is 0 Å². The predicted molar refractivity (Wildman–Crippen MR) is 85.4 cm³/mol. The van der Waals surface area contributed by atoms with E-state index >= 15 is 0 Å². The second-order valence-electron chi connectivity index (χ2n) is 4.52. The van der Waals surface area contributed by atoms with Gasteiger partial charge >= 0.3 is 0 Å². The summed E-state index contributed by atoms with van der Waals surface area (Å²) in [5.41, 5.74) is 2.42. The van der Waals surface area contributed by atoms with Crippen LogP contribution in [0.5, 0.6) is 5.75 Å². The maximum absolute atomic E-state index is 5.49. The molecular weight excluding hydrogens is 322 g/mol. The molecule has 1 heterocycles. The predicted octanol–water partition coefficient (Wildman–Crippen LogP) is 4.44. The molecule has 0 saturated carbocycles. The van der Waals surface area contributed by atoms with Crippen LogP contribution in [0.15, 0.2) is 28.7 Å². The van der Waals surface area contributed by atoms with Crippen LogP contribution in [0.4, 0.5) is 0 Å². The van der Waals surface area contributed by atoms with E-state index in [2.05, 4.69) is 53.3 Å². The molecule has 0 spiro atoms. The summed E-state index contributed by atoms with van der Waals surface area (Å²) in [6.07, 6.45) is 0. The van der Waals surface area contributed by atoms with E-state index in [0.29, 0.717) is 0 Å². The minimum absolute atomic E-state index is 0.157. The molecule has 2 rings (SSSR count). The van der Waals surface area contributed by atoms with Crippen molar-refractivity contribution in [3.63, 3.8) is 0 Å². The number of aryl methyl sites for hydroxylation is 2. The minimum Gasteiger partial charge on any atom is -0.496 e. The molecule has 2 aromatic rings. The van der Waals surface area contributed by atoms with Gasteiger partial charge in [-0.15, -0.1) is 11.3 Å². The number of hydrogen-bond donors (Lipinski definition) is 1. The number of nitrogens with one attached hydrogen (secondary N) is 1. The number of hydrogen-bond acceptors (Lipinski definition) is 3. The van der Waals surface area contributed by atoms with E-state index in [0.717, 1.165) is 5.75 Å². The van der Waals surface area contributed by atoms with Gasteiger partial charge in [0.15, 0.2) is 0 Å². The lowest BCUT2D eigenvalue weighted by Gasteiger charge is -2.18. The standard InChI is InChI=1S/C15H18BrNOS/c1-9-5-6-13(18-4)11(7-9)15(17-3)14-8-12(16)10(2)19-14/h5-8,15,17H,1-4H3. The maximum Gasteiger partial charge on any atom is 0.124 e. The number of thiophene rings is 1. The van der Waals surface area contributed by atoms with Crippen LogP contribution in [0.1, 0.15) is 26.9 Å². The lowest BCUT2D eigenvalue weighted by Crippen LogP contribution is -2.17. The molecule has 0 aliphatic rings. The fraction of sp³-hybridized carbons (Fsp3) is 0.333. The molecule has 1 unspecified atom stereocenters. The molecular formula is C15H18BrNOS. The van der Waals surface area contributed by atoms with Crippen molar-refractivity contribution in [1.82, 2.24) is 5.32 Å². The largest absolute Gasteiger partial charge is 0.496 e. The molecule has 19 heavy (non-hydrogen) atoms. The van der Waals surface area contributed by atoms with E-state index in [1.54, 1.807) is 18.4 Å². The molecule has 102 valence electrons. The zero-order chi connectivity index (χ0) is 14.0. The van der Waals surface area contributed by atoms with Gasteiger partial charge in [0.1, 0.15) is 5.75 Å². The van der Waals surface area contributed by atoms with Crippen molar-refractivity contribution in [2.24, 2.45) is 0 Å². The molecule has 1 aromatic carbocycles. The van der Waals surface area contributed by atoms with Crippen LogP contribution < -0.4 is 10.1 Å². The Balaban J connectivity index is 2.50. The van der Waals surface area contributed by atoms with Crippen molar-refractivity contribution in [1.29, 1.82) is 0 Å². The number of benzene rings is 1. The van der Waals surface area contributed by atoms with Gasteiger partial charge < -0.3 is 10.1 Å². The quantitative estimate of drug-likeness (QED) is 0.888. The lowest BCUT2D eigenvalue weighted by atomic mass is 10.0. The summed E-state index contributed by atoms with van der Waals surface area (Å²) in [4.78, 5) is 2.58. The van der Waals surface area contributed by atoms with Crippen molar-refractivity contribution < 1.29 is 4.74 Å². The van der Waals surface area contributed by atoms with E-state index < -0.39 is 0 Å². The summed E-state index contributed by atoms with van der Waals surface area (Å²) in [6.45, 7) is 4.23. The molecule has 4 heteroatoms.